The smallest absolute Gasteiger partial charge is 1.00 e. The van der Waals surface area contributed by atoms with Gasteiger partial charge in [0.2, 0.25) is 0 Å². The van der Waals surface area contributed by atoms with Crippen molar-refractivity contribution in [2.45, 2.75) is 13.1 Å². The molecule has 0 atom stereocenters. The number of hydrogen-bond donors (Lipinski definition) is 1. The number of rotatable bonds is 0. The van der Waals surface area contributed by atoms with Crippen molar-refractivity contribution >= 4 is 11.6 Å². The average Bonchev–Trinajstić information content (AvgIpc) is 2.36. The molecule has 1 aromatic carbocycles. The molecule has 0 unspecified atom stereocenters. The van der Waals surface area contributed by atoms with Crippen molar-refractivity contribution in [3.8, 4) is 0 Å². The van der Waals surface area contributed by atoms with Crippen LogP contribution in [0.25, 0.3) is 0 Å². The molecule has 1 heterocycles. The van der Waals surface area contributed by atoms with Crippen molar-refractivity contribution in [3.63, 3.8) is 0 Å². The summed E-state index contributed by atoms with van der Waals surface area (Å²) in [5, 5.41) is 4.14. The van der Waals surface area contributed by atoms with E-state index in [2.05, 4.69) is 11.4 Å². The third-order valence-electron chi connectivity index (χ3n) is 1.83. The van der Waals surface area contributed by atoms with Gasteiger partial charge < -0.3 is 17.7 Å². The Balaban J connectivity index is 0.000000605. The lowest BCUT2D eigenvalue weighted by molar-refractivity contribution is -0.00000194. The molecule has 0 amide bonds. The fourth-order valence-electron chi connectivity index (χ4n) is 1.29. The van der Waals surface area contributed by atoms with Gasteiger partial charge in [0.1, 0.15) is 0 Å². The molecule has 3 heteroatoms. The van der Waals surface area contributed by atoms with Crippen molar-refractivity contribution in [2.75, 3.05) is 0 Å². The van der Waals surface area contributed by atoms with Crippen LogP contribution in [0.5, 0.6) is 0 Å². The van der Waals surface area contributed by atoms with Crippen LogP contribution in [0.2, 0.25) is 5.02 Å². The van der Waals surface area contributed by atoms with Gasteiger partial charge in [0.25, 0.3) is 0 Å². The number of hydrogen-bond acceptors (Lipinski definition) is 1. The predicted octanol–water partition coefficient (Wildman–Crippen LogP) is -0.940. The second-order valence-electron chi connectivity index (χ2n) is 2.48. The Hall–Kier alpha value is -0.240. The number of benzene rings is 1. The van der Waals surface area contributed by atoms with Gasteiger partial charge in [0, 0.05) is 18.1 Å². The lowest BCUT2D eigenvalue weighted by atomic mass is 10.1. The van der Waals surface area contributed by atoms with E-state index in [9.17, 15) is 0 Å². The van der Waals surface area contributed by atoms with E-state index in [0.29, 0.717) is 0 Å². The normalized spacial score (nSPS) is 13.9. The molecule has 0 aliphatic carbocycles. The van der Waals surface area contributed by atoms with Crippen molar-refractivity contribution in [3.05, 3.63) is 34.3 Å². The average molecular weight is 190 g/mol. The molecule has 0 spiro atoms. The van der Waals surface area contributed by atoms with Gasteiger partial charge in [0.15, 0.2) is 0 Å². The standard InChI is InChI=1S/C8H8ClN.ClH/c9-8-3-1-2-6-4-10-5-7(6)8;/h1-3,10H,4-5H2;1H. The highest BCUT2D eigenvalue weighted by atomic mass is 35.5. The molecule has 0 saturated heterocycles. The molecule has 1 aromatic rings. The Kier molecular flexibility index (Phi) is 2.77. The Morgan fingerprint density at radius 1 is 1.36 bits per heavy atom. The zero-order chi connectivity index (χ0) is 6.97. The monoisotopic (exact) mass is 189 g/mol. The summed E-state index contributed by atoms with van der Waals surface area (Å²) in [4.78, 5) is 0. The Labute approximate surface area is 78.6 Å². The molecule has 0 saturated carbocycles. The van der Waals surface area contributed by atoms with Crippen LogP contribution in [0, 0.1) is 0 Å². The van der Waals surface area contributed by atoms with Gasteiger partial charge >= 0.3 is 1.43 Å². The van der Waals surface area contributed by atoms with Gasteiger partial charge in [-0.25, -0.2) is 0 Å². The van der Waals surface area contributed by atoms with E-state index in [1.165, 1.54) is 11.1 Å². The van der Waals surface area contributed by atoms with Crippen LogP contribution in [0.1, 0.15) is 12.6 Å². The van der Waals surface area contributed by atoms with E-state index in [0.717, 1.165) is 18.1 Å². The lowest BCUT2D eigenvalue weighted by Crippen LogP contribution is -3.00. The van der Waals surface area contributed by atoms with Gasteiger partial charge in [-0.05, 0) is 17.2 Å². The number of fused-ring (bicyclic) bond motifs is 1. The molecule has 0 fully saturated rings. The minimum atomic E-state index is 0. The fourth-order valence-corrected chi connectivity index (χ4v) is 1.55. The van der Waals surface area contributed by atoms with Gasteiger partial charge in [-0.15, -0.1) is 0 Å². The van der Waals surface area contributed by atoms with Crippen molar-refractivity contribution < 1.29 is 13.8 Å². The fraction of sp³-hybridized carbons (Fsp3) is 0.250. The minimum absolute atomic E-state index is 0. The Bertz CT molecular complexity index is 265. The Morgan fingerprint density at radius 2 is 2.18 bits per heavy atom. The summed E-state index contributed by atoms with van der Waals surface area (Å²) in [6, 6.07) is 6.04. The first-order valence-corrected chi connectivity index (χ1v) is 3.73. The minimum Gasteiger partial charge on any atom is -1.00 e. The Morgan fingerprint density at radius 3 is 2.91 bits per heavy atom. The molecule has 1 N–H and O–H groups in total. The van der Waals surface area contributed by atoms with Crippen LogP contribution in [0.3, 0.4) is 0 Å². The van der Waals surface area contributed by atoms with E-state index in [1.807, 2.05) is 12.1 Å². The van der Waals surface area contributed by atoms with E-state index < -0.39 is 0 Å². The quantitative estimate of drug-likeness (QED) is 0.556. The number of nitrogens with one attached hydrogen (secondary N) is 1. The third kappa shape index (κ3) is 1.51. The van der Waals surface area contributed by atoms with Crippen molar-refractivity contribution in [1.82, 2.24) is 5.32 Å². The maximum absolute atomic E-state index is 5.93. The van der Waals surface area contributed by atoms with Crippen molar-refractivity contribution in [1.29, 1.82) is 0 Å². The molecular weight excluding hydrogens is 181 g/mol. The van der Waals surface area contributed by atoms with E-state index in [-0.39, 0.29) is 13.8 Å². The SMILES string of the molecule is Clc1cccc2c1CNC2.[Cl-].[H+]. The highest BCUT2D eigenvalue weighted by Gasteiger charge is 2.11. The van der Waals surface area contributed by atoms with Gasteiger partial charge in [-0.3, -0.25) is 0 Å². The summed E-state index contributed by atoms with van der Waals surface area (Å²) in [6.45, 7) is 1.89. The van der Waals surface area contributed by atoms with Crippen LogP contribution in [0.15, 0.2) is 18.2 Å². The molecule has 2 rings (SSSR count). The molecule has 1 aliphatic rings. The van der Waals surface area contributed by atoms with Crippen LogP contribution < -0.4 is 17.7 Å². The summed E-state index contributed by atoms with van der Waals surface area (Å²) in [6.07, 6.45) is 0. The third-order valence-corrected chi connectivity index (χ3v) is 2.19. The van der Waals surface area contributed by atoms with Crippen LogP contribution >= 0.6 is 11.6 Å². The first-order valence-electron chi connectivity index (χ1n) is 3.35. The van der Waals surface area contributed by atoms with Gasteiger partial charge in [-0.1, -0.05) is 23.7 Å². The molecule has 11 heavy (non-hydrogen) atoms. The predicted molar refractivity (Wildman–Crippen MR) is 43.1 cm³/mol. The molecule has 1 nitrogen and oxygen atoms in total. The van der Waals surface area contributed by atoms with E-state index >= 15 is 0 Å². The molecule has 0 radical (unpaired) electrons. The van der Waals surface area contributed by atoms with Crippen LogP contribution in [-0.4, -0.2) is 0 Å². The zero-order valence-corrected chi connectivity index (χ0v) is 7.41. The molecule has 0 bridgehead atoms. The summed E-state index contributed by atoms with van der Waals surface area (Å²) < 4.78 is 0. The summed E-state index contributed by atoms with van der Waals surface area (Å²) in [7, 11) is 0. The summed E-state index contributed by atoms with van der Waals surface area (Å²) in [5.74, 6) is 0. The highest BCUT2D eigenvalue weighted by Crippen LogP contribution is 2.23. The van der Waals surface area contributed by atoms with Gasteiger partial charge in [0.05, 0.1) is 0 Å². The highest BCUT2D eigenvalue weighted by molar-refractivity contribution is 6.31. The zero-order valence-electron chi connectivity index (χ0n) is 6.90. The molecular formula is C8H9Cl2N. The number of halogens is 2. The molecule has 60 valence electrons. The second-order valence-corrected chi connectivity index (χ2v) is 2.89. The second kappa shape index (κ2) is 3.44. The summed E-state index contributed by atoms with van der Waals surface area (Å²) >= 11 is 5.93. The van der Waals surface area contributed by atoms with Crippen LogP contribution in [-0.2, 0) is 13.1 Å². The van der Waals surface area contributed by atoms with Crippen LogP contribution in [0.4, 0.5) is 0 Å². The van der Waals surface area contributed by atoms with E-state index in [1.54, 1.807) is 0 Å². The van der Waals surface area contributed by atoms with Crippen molar-refractivity contribution in [2.24, 2.45) is 0 Å². The van der Waals surface area contributed by atoms with E-state index in [4.69, 9.17) is 11.6 Å². The largest absolute Gasteiger partial charge is 1.00 e. The summed E-state index contributed by atoms with van der Waals surface area (Å²) in [5.41, 5.74) is 2.61. The maximum Gasteiger partial charge on any atom is 1.00 e. The molecule has 0 aromatic heterocycles. The first-order chi connectivity index (χ1) is 4.88. The maximum atomic E-state index is 5.93. The lowest BCUT2D eigenvalue weighted by Gasteiger charge is -1.97. The molecule has 1 aliphatic heterocycles. The van der Waals surface area contributed by atoms with Gasteiger partial charge in [-0.2, -0.15) is 0 Å². The topological polar surface area (TPSA) is 12.0 Å². The first kappa shape index (κ1) is 8.85.